The lowest BCUT2D eigenvalue weighted by Gasteiger charge is -2.17. The molecular weight excluding hydrogens is 226 g/mol. The predicted molar refractivity (Wildman–Crippen MR) is 59.7 cm³/mol. The fourth-order valence-electron chi connectivity index (χ4n) is 1.63. The molecule has 6 nitrogen and oxygen atoms in total. The summed E-state index contributed by atoms with van der Waals surface area (Å²) in [5, 5.41) is 11.3. The molecular formula is C11H17NO5. The Bertz CT molecular complexity index is 286. The zero-order chi connectivity index (χ0) is 12.7. The predicted octanol–water partition coefficient (Wildman–Crippen LogP) is 0.921. The van der Waals surface area contributed by atoms with E-state index >= 15 is 0 Å². The van der Waals surface area contributed by atoms with Gasteiger partial charge in [-0.2, -0.15) is 0 Å². The van der Waals surface area contributed by atoms with Gasteiger partial charge in [-0.15, -0.1) is 0 Å². The van der Waals surface area contributed by atoms with Crippen LogP contribution in [0.25, 0.3) is 0 Å². The molecule has 1 rings (SSSR count). The molecule has 0 aliphatic carbocycles. The van der Waals surface area contributed by atoms with E-state index in [2.05, 4.69) is 16.6 Å². The Morgan fingerprint density at radius 3 is 2.94 bits per heavy atom. The molecule has 2 N–H and O–H groups in total. The van der Waals surface area contributed by atoms with Crippen molar-refractivity contribution in [3.63, 3.8) is 0 Å². The van der Waals surface area contributed by atoms with Crippen molar-refractivity contribution in [1.82, 2.24) is 5.32 Å². The Hall–Kier alpha value is -1.56. The van der Waals surface area contributed by atoms with Crippen molar-refractivity contribution in [1.29, 1.82) is 0 Å². The number of carboxylic acid groups (broad SMARTS) is 1. The van der Waals surface area contributed by atoms with E-state index in [1.807, 2.05) is 0 Å². The number of hydrogen-bond donors (Lipinski definition) is 2. The Morgan fingerprint density at radius 1 is 1.65 bits per heavy atom. The quantitative estimate of drug-likeness (QED) is 0.678. The van der Waals surface area contributed by atoms with Gasteiger partial charge >= 0.3 is 12.1 Å². The van der Waals surface area contributed by atoms with Crippen molar-refractivity contribution < 1.29 is 24.2 Å². The van der Waals surface area contributed by atoms with Gasteiger partial charge in [-0.25, -0.2) is 9.59 Å². The zero-order valence-corrected chi connectivity index (χ0v) is 9.55. The molecule has 17 heavy (non-hydrogen) atoms. The number of nitrogens with one attached hydrogen (secondary N) is 1. The summed E-state index contributed by atoms with van der Waals surface area (Å²) >= 11 is 0. The van der Waals surface area contributed by atoms with Crippen LogP contribution in [0.4, 0.5) is 4.79 Å². The van der Waals surface area contributed by atoms with Crippen LogP contribution in [0.5, 0.6) is 0 Å². The van der Waals surface area contributed by atoms with Crippen LogP contribution in [-0.2, 0) is 14.3 Å². The first-order chi connectivity index (χ1) is 8.13. The molecule has 0 unspecified atom stereocenters. The first-order valence-corrected chi connectivity index (χ1v) is 5.52. The number of amides is 1. The summed E-state index contributed by atoms with van der Waals surface area (Å²) < 4.78 is 9.99. The fraction of sp³-hybridized carbons (Fsp3) is 0.636. The van der Waals surface area contributed by atoms with E-state index in [0.29, 0.717) is 6.61 Å². The van der Waals surface area contributed by atoms with Crippen molar-refractivity contribution >= 4 is 12.1 Å². The lowest BCUT2D eigenvalue weighted by Crippen LogP contribution is -2.43. The molecule has 0 aromatic rings. The summed E-state index contributed by atoms with van der Waals surface area (Å²) in [6, 6.07) is -0.976. The van der Waals surface area contributed by atoms with E-state index in [-0.39, 0.29) is 19.1 Å². The largest absolute Gasteiger partial charge is 0.480 e. The standard InChI is InChI=1S/C11H17NO5/c1-2-5-17-11(15)12-9(10(13)14)7-8-4-3-6-16-8/h2,8-9H,1,3-7H2,(H,12,15)(H,13,14)/t8-,9-/m1/s1. The van der Waals surface area contributed by atoms with Gasteiger partial charge in [0.1, 0.15) is 12.6 Å². The van der Waals surface area contributed by atoms with Gasteiger partial charge in [0, 0.05) is 13.0 Å². The van der Waals surface area contributed by atoms with E-state index < -0.39 is 18.1 Å². The fourth-order valence-corrected chi connectivity index (χ4v) is 1.63. The number of hydrogen-bond acceptors (Lipinski definition) is 4. The lowest BCUT2D eigenvalue weighted by molar-refractivity contribution is -0.140. The Morgan fingerprint density at radius 2 is 2.41 bits per heavy atom. The number of alkyl carbamates (subject to hydrolysis) is 1. The normalized spacial score (nSPS) is 20.6. The van der Waals surface area contributed by atoms with Crippen LogP contribution in [0.2, 0.25) is 0 Å². The molecule has 1 aliphatic rings. The van der Waals surface area contributed by atoms with E-state index in [1.54, 1.807) is 0 Å². The van der Waals surface area contributed by atoms with Crippen molar-refractivity contribution in [3.05, 3.63) is 12.7 Å². The number of rotatable bonds is 6. The Kier molecular flexibility index (Phi) is 5.48. The third-order valence-corrected chi connectivity index (χ3v) is 2.45. The molecule has 0 aromatic carbocycles. The van der Waals surface area contributed by atoms with E-state index in [9.17, 15) is 9.59 Å². The summed E-state index contributed by atoms with van der Waals surface area (Å²) in [7, 11) is 0. The van der Waals surface area contributed by atoms with Crippen molar-refractivity contribution in [2.24, 2.45) is 0 Å². The molecule has 0 spiro atoms. The van der Waals surface area contributed by atoms with Crippen LogP contribution in [0.3, 0.4) is 0 Å². The summed E-state index contributed by atoms with van der Waals surface area (Å²) in [5.41, 5.74) is 0. The molecule has 1 amide bonds. The summed E-state index contributed by atoms with van der Waals surface area (Å²) in [4.78, 5) is 22.2. The third kappa shape index (κ3) is 4.86. The molecule has 2 atom stereocenters. The van der Waals surface area contributed by atoms with E-state index in [1.165, 1.54) is 6.08 Å². The molecule has 0 bridgehead atoms. The topological polar surface area (TPSA) is 84.9 Å². The number of ether oxygens (including phenoxy) is 2. The maximum absolute atomic E-state index is 11.2. The molecule has 1 heterocycles. The average Bonchev–Trinajstić information content (AvgIpc) is 2.78. The number of carbonyl (C=O) groups is 2. The van der Waals surface area contributed by atoms with E-state index in [0.717, 1.165) is 12.8 Å². The number of aliphatic carboxylic acids is 1. The highest BCUT2D eigenvalue weighted by Crippen LogP contribution is 2.17. The van der Waals surface area contributed by atoms with Gasteiger partial charge in [-0.3, -0.25) is 0 Å². The van der Waals surface area contributed by atoms with Crippen LogP contribution < -0.4 is 5.32 Å². The van der Waals surface area contributed by atoms with Crippen molar-refractivity contribution in [2.45, 2.75) is 31.4 Å². The maximum Gasteiger partial charge on any atom is 0.408 e. The van der Waals surface area contributed by atoms with Gasteiger partial charge in [0.2, 0.25) is 0 Å². The molecule has 0 saturated carbocycles. The first kappa shape index (κ1) is 13.5. The van der Waals surface area contributed by atoms with Crippen LogP contribution in [0.1, 0.15) is 19.3 Å². The molecule has 1 fully saturated rings. The molecule has 0 aromatic heterocycles. The molecule has 96 valence electrons. The maximum atomic E-state index is 11.2. The van der Waals surface area contributed by atoms with Gasteiger partial charge < -0.3 is 19.9 Å². The van der Waals surface area contributed by atoms with Crippen LogP contribution >= 0.6 is 0 Å². The van der Waals surface area contributed by atoms with Gasteiger partial charge in [0.15, 0.2) is 0 Å². The molecule has 1 saturated heterocycles. The minimum atomic E-state index is -1.09. The SMILES string of the molecule is C=CCOC(=O)N[C@H](C[C@H]1CCCO1)C(=O)O. The van der Waals surface area contributed by atoms with E-state index in [4.69, 9.17) is 9.84 Å². The molecule has 6 heteroatoms. The average molecular weight is 243 g/mol. The highest BCUT2D eigenvalue weighted by atomic mass is 16.5. The smallest absolute Gasteiger partial charge is 0.408 e. The Labute approximate surface area is 99.6 Å². The van der Waals surface area contributed by atoms with Crippen molar-refractivity contribution in [3.8, 4) is 0 Å². The number of carboxylic acids is 1. The minimum Gasteiger partial charge on any atom is -0.480 e. The lowest BCUT2D eigenvalue weighted by atomic mass is 10.1. The van der Waals surface area contributed by atoms with Crippen molar-refractivity contribution in [2.75, 3.05) is 13.2 Å². The highest BCUT2D eigenvalue weighted by molar-refractivity contribution is 5.79. The van der Waals surface area contributed by atoms with Gasteiger partial charge in [-0.05, 0) is 12.8 Å². The van der Waals surface area contributed by atoms with Crippen LogP contribution in [0.15, 0.2) is 12.7 Å². The summed E-state index contributed by atoms with van der Waals surface area (Å²) in [5.74, 6) is -1.09. The molecule has 0 radical (unpaired) electrons. The second kappa shape index (κ2) is 6.90. The Balaban J connectivity index is 2.39. The van der Waals surface area contributed by atoms with Gasteiger partial charge in [0.05, 0.1) is 6.10 Å². The monoisotopic (exact) mass is 243 g/mol. The first-order valence-electron chi connectivity index (χ1n) is 5.52. The zero-order valence-electron chi connectivity index (χ0n) is 9.55. The van der Waals surface area contributed by atoms with Gasteiger partial charge in [-0.1, -0.05) is 12.7 Å². The van der Waals surface area contributed by atoms with Gasteiger partial charge in [0.25, 0.3) is 0 Å². The minimum absolute atomic E-state index is 0.0537. The van der Waals surface area contributed by atoms with Crippen LogP contribution in [0, 0.1) is 0 Å². The summed E-state index contributed by atoms with van der Waals surface area (Å²) in [6.45, 7) is 4.09. The number of carbonyl (C=O) groups excluding carboxylic acids is 1. The second-order valence-corrected chi connectivity index (χ2v) is 3.79. The second-order valence-electron chi connectivity index (χ2n) is 3.79. The third-order valence-electron chi connectivity index (χ3n) is 2.45. The summed E-state index contributed by atoms with van der Waals surface area (Å²) in [6.07, 6.45) is 2.57. The highest BCUT2D eigenvalue weighted by Gasteiger charge is 2.27. The molecule has 1 aliphatic heterocycles. The van der Waals surface area contributed by atoms with Crippen LogP contribution in [-0.4, -0.2) is 42.5 Å².